The topological polar surface area (TPSA) is 73.0 Å². The average molecular weight is 415 g/mol. The second-order valence-electron chi connectivity index (χ2n) is 8.30. The summed E-state index contributed by atoms with van der Waals surface area (Å²) in [6, 6.07) is 8.01. The van der Waals surface area contributed by atoms with Gasteiger partial charge in [0.1, 0.15) is 0 Å². The van der Waals surface area contributed by atoms with Crippen LogP contribution in [0.15, 0.2) is 24.3 Å². The SMILES string of the molecule is CC(=O)N1CCCCCCCCN(CC(=O)N2CCNC(=O)C2)Cc2ccccc21. The van der Waals surface area contributed by atoms with Gasteiger partial charge in [0, 0.05) is 38.8 Å². The maximum Gasteiger partial charge on any atom is 0.239 e. The fourth-order valence-electron chi connectivity index (χ4n) is 4.27. The second kappa shape index (κ2) is 11.1. The molecule has 164 valence electrons. The molecular formula is C23H34N4O3. The number of nitrogens with zero attached hydrogens (tertiary/aromatic N) is 3. The first-order valence-electron chi connectivity index (χ1n) is 11.2. The van der Waals surface area contributed by atoms with Crippen LogP contribution < -0.4 is 10.2 Å². The molecule has 7 heteroatoms. The van der Waals surface area contributed by atoms with Gasteiger partial charge in [-0.25, -0.2) is 0 Å². The van der Waals surface area contributed by atoms with Crippen molar-refractivity contribution in [1.82, 2.24) is 15.1 Å². The zero-order chi connectivity index (χ0) is 21.3. The third-order valence-corrected chi connectivity index (χ3v) is 5.91. The summed E-state index contributed by atoms with van der Waals surface area (Å²) in [5.74, 6) is -0.0451. The van der Waals surface area contributed by atoms with Gasteiger partial charge in [0.05, 0.1) is 13.1 Å². The van der Waals surface area contributed by atoms with E-state index in [1.165, 1.54) is 12.8 Å². The highest BCUT2D eigenvalue weighted by atomic mass is 16.2. The molecule has 2 heterocycles. The molecule has 1 aromatic carbocycles. The van der Waals surface area contributed by atoms with E-state index in [-0.39, 0.29) is 24.3 Å². The molecule has 0 atom stereocenters. The predicted molar refractivity (Wildman–Crippen MR) is 117 cm³/mol. The molecule has 0 spiro atoms. The molecule has 2 aliphatic rings. The molecule has 2 aliphatic heterocycles. The standard InChI is InChI=1S/C23H34N4O3/c1-19(28)27-14-9-5-3-2-4-8-13-25(16-20-10-6-7-11-21(20)27)18-23(30)26-15-12-24-22(29)17-26/h6-7,10-11H,2-5,8-9,12-18H2,1H3,(H,24,29). The quantitative estimate of drug-likeness (QED) is 0.805. The molecule has 3 rings (SSSR count). The van der Waals surface area contributed by atoms with Gasteiger partial charge in [0.25, 0.3) is 0 Å². The molecule has 0 bridgehead atoms. The summed E-state index contributed by atoms with van der Waals surface area (Å²) in [6.07, 6.45) is 6.69. The van der Waals surface area contributed by atoms with Crippen LogP contribution in [0.4, 0.5) is 5.69 Å². The Morgan fingerprint density at radius 3 is 2.37 bits per heavy atom. The summed E-state index contributed by atoms with van der Waals surface area (Å²) in [7, 11) is 0. The number of piperazine rings is 1. The maximum atomic E-state index is 12.9. The normalized spacial score (nSPS) is 19.7. The van der Waals surface area contributed by atoms with Crippen LogP contribution in [0, 0.1) is 0 Å². The highest BCUT2D eigenvalue weighted by Crippen LogP contribution is 2.24. The molecule has 7 nitrogen and oxygen atoms in total. The molecule has 3 amide bonds. The Labute approximate surface area is 179 Å². The molecule has 1 N–H and O–H groups in total. The van der Waals surface area contributed by atoms with E-state index in [1.807, 2.05) is 23.1 Å². The minimum atomic E-state index is -0.0954. The average Bonchev–Trinajstić information content (AvgIpc) is 2.74. The Balaban J connectivity index is 1.78. The molecule has 0 aliphatic carbocycles. The predicted octanol–water partition coefficient (Wildman–Crippen LogP) is 2.15. The summed E-state index contributed by atoms with van der Waals surface area (Å²) in [4.78, 5) is 42.6. The largest absolute Gasteiger partial charge is 0.353 e. The minimum Gasteiger partial charge on any atom is -0.353 e. The number of hydrogen-bond donors (Lipinski definition) is 1. The van der Waals surface area contributed by atoms with Crippen molar-refractivity contribution in [3.63, 3.8) is 0 Å². The Kier molecular flexibility index (Phi) is 8.25. The number of anilines is 1. The van der Waals surface area contributed by atoms with Crippen LogP contribution in [0.25, 0.3) is 0 Å². The zero-order valence-electron chi connectivity index (χ0n) is 18.1. The first kappa shape index (κ1) is 22.3. The van der Waals surface area contributed by atoms with Crippen molar-refractivity contribution >= 4 is 23.4 Å². The second-order valence-corrected chi connectivity index (χ2v) is 8.30. The molecule has 1 fully saturated rings. The number of amides is 3. The van der Waals surface area contributed by atoms with Crippen LogP contribution >= 0.6 is 0 Å². The van der Waals surface area contributed by atoms with Gasteiger partial charge in [-0.15, -0.1) is 0 Å². The van der Waals surface area contributed by atoms with E-state index in [2.05, 4.69) is 16.3 Å². The van der Waals surface area contributed by atoms with E-state index < -0.39 is 0 Å². The summed E-state index contributed by atoms with van der Waals surface area (Å²) in [6.45, 7) is 5.31. The Morgan fingerprint density at radius 2 is 1.63 bits per heavy atom. The lowest BCUT2D eigenvalue weighted by Gasteiger charge is -2.31. The molecule has 0 aromatic heterocycles. The van der Waals surface area contributed by atoms with Gasteiger partial charge in [-0.3, -0.25) is 19.3 Å². The summed E-state index contributed by atoms with van der Waals surface area (Å²) >= 11 is 0. The molecule has 0 unspecified atom stereocenters. The fraction of sp³-hybridized carbons (Fsp3) is 0.609. The third kappa shape index (κ3) is 6.29. The molecule has 0 saturated carbocycles. The Hall–Kier alpha value is -2.41. The van der Waals surface area contributed by atoms with E-state index in [9.17, 15) is 14.4 Å². The van der Waals surface area contributed by atoms with Gasteiger partial charge < -0.3 is 15.1 Å². The summed E-state index contributed by atoms with van der Waals surface area (Å²) in [5, 5.41) is 2.77. The van der Waals surface area contributed by atoms with Gasteiger partial charge >= 0.3 is 0 Å². The van der Waals surface area contributed by atoms with E-state index >= 15 is 0 Å². The highest BCUT2D eigenvalue weighted by molar-refractivity contribution is 5.92. The monoisotopic (exact) mass is 414 g/mol. The van der Waals surface area contributed by atoms with Crippen LogP contribution in [-0.4, -0.2) is 66.8 Å². The van der Waals surface area contributed by atoms with Gasteiger partial charge in [-0.1, -0.05) is 43.9 Å². The van der Waals surface area contributed by atoms with Crippen LogP contribution in [0.1, 0.15) is 51.0 Å². The van der Waals surface area contributed by atoms with E-state index in [0.29, 0.717) is 26.2 Å². The molecule has 1 aromatic rings. The van der Waals surface area contributed by atoms with Crippen molar-refractivity contribution in [2.45, 2.75) is 52.0 Å². The van der Waals surface area contributed by atoms with Crippen molar-refractivity contribution in [2.75, 3.05) is 44.2 Å². The van der Waals surface area contributed by atoms with Crippen molar-refractivity contribution in [1.29, 1.82) is 0 Å². The molecule has 1 saturated heterocycles. The lowest BCUT2D eigenvalue weighted by Crippen LogP contribution is -2.52. The van der Waals surface area contributed by atoms with Gasteiger partial charge in [0.2, 0.25) is 17.7 Å². The number of carbonyl (C=O) groups is 3. The lowest BCUT2D eigenvalue weighted by molar-refractivity contribution is -0.139. The molecule has 0 radical (unpaired) electrons. The van der Waals surface area contributed by atoms with Gasteiger partial charge in [-0.2, -0.15) is 0 Å². The van der Waals surface area contributed by atoms with Crippen LogP contribution in [0.2, 0.25) is 0 Å². The van der Waals surface area contributed by atoms with E-state index in [0.717, 1.165) is 50.0 Å². The van der Waals surface area contributed by atoms with Gasteiger partial charge in [0.15, 0.2) is 0 Å². The number of para-hydroxylation sites is 1. The summed E-state index contributed by atoms with van der Waals surface area (Å²) < 4.78 is 0. The smallest absolute Gasteiger partial charge is 0.239 e. The van der Waals surface area contributed by atoms with E-state index in [4.69, 9.17) is 0 Å². The molecular weight excluding hydrogens is 380 g/mol. The first-order chi connectivity index (χ1) is 14.5. The number of carbonyl (C=O) groups excluding carboxylic acids is 3. The van der Waals surface area contributed by atoms with Crippen LogP contribution in [0.5, 0.6) is 0 Å². The number of hydrogen-bond acceptors (Lipinski definition) is 4. The van der Waals surface area contributed by atoms with E-state index in [1.54, 1.807) is 11.8 Å². The first-order valence-corrected chi connectivity index (χ1v) is 11.2. The Morgan fingerprint density at radius 1 is 0.933 bits per heavy atom. The van der Waals surface area contributed by atoms with Crippen molar-refractivity contribution in [2.24, 2.45) is 0 Å². The van der Waals surface area contributed by atoms with Crippen molar-refractivity contribution < 1.29 is 14.4 Å². The third-order valence-electron chi connectivity index (χ3n) is 5.91. The fourth-order valence-corrected chi connectivity index (χ4v) is 4.27. The lowest BCUT2D eigenvalue weighted by atomic mass is 10.1. The van der Waals surface area contributed by atoms with Crippen LogP contribution in [0.3, 0.4) is 0 Å². The number of benzene rings is 1. The maximum absolute atomic E-state index is 12.9. The Bertz CT molecular complexity index is 752. The zero-order valence-corrected chi connectivity index (χ0v) is 18.1. The van der Waals surface area contributed by atoms with Crippen molar-refractivity contribution in [3.8, 4) is 0 Å². The number of rotatable bonds is 2. The molecule has 30 heavy (non-hydrogen) atoms. The minimum absolute atomic E-state index is 0.00456. The summed E-state index contributed by atoms with van der Waals surface area (Å²) in [5.41, 5.74) is 2.01. The van der Waals surface area contributed by atoms with Crippen LogP contribution in [-0.2, 0) is 20.9 Å². The number of nitrogens with one attached hydrogen (secondary N) is 1. The highest BCUT2D eigenvalue weighted by Gasteiger charge is 2.24. The van der Waals surface area contributed by atoms with Gasteiger partial charge in [-0.05, 0) is 31.0 Å². The van der Waals surface area contributed by atoms with Crippen molar-refractivity contribution in [3.05, 3.63) is 29.8 Å². The number of fused-ring (bicyclic) bond motifs is 1.